The standard InChI is InChI=1S/C13H11ClN2O3S2/c14-10-4-3-8(7-15-10)6-9-12(19)16(13(20)21-9)5-1-2-11(17)18/h3-4,6-7H,1-2,5H2,(H,17,18)/b9-6-. The summed E-state index contributed by atoms with van der Waals surface area (Å²) in [5.74, 6) is -1.09. The monoisotopic (exact) mass is 342 g/mol. The zero-order valence-electron chi connectivity index (χ0n) is 10.8. The van der Waals surface area contributed by atoms with Gasteiger partial charge in [-0.1, -0.05) is 41.6 Å². The van der Waals surface area contributed by atoms with Crippen molar-refractivity contribution >= 4 is 57.9 Å². The van der Waals surface area contributed by atoms with E-state index in [1.807, 2.05) is 0 Å². The van der Waals surface area contributed by atoms with Gasteiger partial charge in [-0.3, -0.25) is 14.5 Å². The highest BCUT2D eigenvalue weighted by Crippen LogP contribution is 2.32. The zero-order chi connectivity index (χ0) is 15.4. The molecular weight excluding hydrogens is 332 g/mol. The number of carbonyl (C=O) groups is 2. The quantitative estimate of drug-likeness (QED) is 0.504. The molecule has 1 N–H and O–H groups in total. The molecule has 1 fully saturated rings. The molecule has 110 valence electrons. The molecule has 2 rings (SSSR count). The molecule has 0 atom stereocenters. The number of hydrogen-bond acceptors (Lipinski definition) is 5. The summed E-state index contributed by atoms with van der Waals surface area (Å²) in [6, 6.07) is 3.40. The van der Waals surface area contributed by atoms with Crippen LogP contribution in [0.3, 0.4) is 0 Å². The van der Waals surface area contributed by atoms with E-state index >= 15 is 0 Å². The van der Waals surface area contributed by atoms with Crippen molar-refractivity contribution in [3.63, 3.8) is 0 Å². The van der Waals surface area contributed by atoms with E-state index in [0.717, 1.165) is 5.56 Å². The van der Waals surface area contributed by atoms with Gasteiger partial charge in [-0.05, 0) is 24.1 Å². The minimum atomic E-state index is -0.886. The first kappa shape index (κ1) is 15.9. The van der Waals surface area contributed by atoms with Crippen LogP contribution < -0.4 is 0 Å². The van der Waals surface area contributed by atoms with Gasteiger partial charge < -0.3 is 5.11 Å². The lowest BCUT2D eigenvalue weighted by molar-refractivity contribution is -0.137. The molecule has 2 heterocycles. The third kappa shape index (κ3) is 4.26. The lowest BCUT2D eigenvalue weighted by atomic mass is 10.2. The maximum absolute atomic E-state index is 12.2. The number of carbonyl (C=O) groups excluding carboxylic acids is 1. The number of aliphatic carboxylic acids is 1. The van der Waals surface area contributed by atoms with Crippen LogP contribution >= 0.6 is 35.6 Å². The van der Waals surface area contributed by atoms with Gasteiger partial charge in [0.05, 0.1) is 4.91 Å². The van der Waals surface area contributed by atoms with E-state index in [1.54, 1.807) is 24.4 Å². The molecule has 1 aromatic heterocycles. The number of nitrogens with zero attached hydrogens (tertiary/aromatic N) is 2. The van der Waals surface area contributed by atoms with E-state index in [-0.39, 0.29) is 12.3 Å². The Balaban J connectivity index is 2.06. The fourth-order valence-electron chi connectivity index (χ4n) is 1.71. The number of hydrogen-bond donors (Lipinski definition) is 1. The first-order chi connectivity index (χ1) is 9.97. The van der Waals surface area contributed by atoms with Crippen LogP contribution in [-0.4, -0.2) is 37.7 Å². The summed E-state index contributed by atoms with van der Waals surface area (Å²) in [5, 5.41) is 9.00. The van der Waals surface area contributed by atoms with E-state index in [2.05, 4.69) is 4.98 Å². The highest BCUT2D eigenvalue weighted by molar-refractivity contribution is 8.26. The van der Waals surface area contributed by atoms with Crippen molar-refractivity contribution in [1.82, 2.24) is 9.88 Å². The van der Waals surface area contributed by atoms with Gasteiger partial charge >= 0.3 is 5.97 Å². The van der Waals surface area contributed by atoms with Crippen LogP contribution in [0.15, 0.2) is 23.2 Å². The van der Waals surface area contributed by atoms with Crippen LogP contribution in [0, 0.1) is 0 Å². The number of thioether (sulfide) groups is 1. The average molecular weight is 343 g/mol. The molecule has 8 heteroatoms. The minimum Gasteiger partial charge on any atom is -0.481 e. The van der Waals surface area contributed by atoms with Crippen molar-refractivity contribution in [1.29, 1.82) is 0 Å². The first-order valence-electron chi connectivity index (χ1n) is 6.06. The lowest BCUT2D eigenvalue weighted by Crippen LogP contribution is -2.29. The molecule has 1 aromatic rings. The predicted molar refractivity (Wildman–Crippen MR) is 86.0 cm³/mol. The Morgan fingerprint density at radius 3 is 2.90 bits per heavy atom. The molecule has 1 amide bonds. The molecule has 0 aliphatic carbocycles. The Kier molecular flexibility index (Phi) is 5.33. The summed E-state index contributed by atoms with van der Waals surface area (Å²) >= 11 is 12.1. The Labute approximate surface area is 136 Å². The van der Waals surface area contributed by atoms with Gasteiger partial charge in [0.25, 0.3) is 5.91 Å². The smallest absolute Gasteiger partial charge is 0.303 e. The summed E-state index contributed by atoms with van der Waals surface area (Å²) in [6.45, 7) is 0.313. The Hall–Kier alpha value is -1.44. The Morgan fingerprint density at radius 2 is 2.29 bits per heavy atom. The Morgan fingerprint density at radius 1 is 1.52 bits per heavy atom. The van der Waals surface area contributed by atoms with Gasteiger partial charge in [-0.2, -0.15) is 0 Å². The van der Waals surface area contributed by atoms with Gasteiger partial charge in [0.15, 0.2) is 0 Å². The molecule has 0 spiro atoms. The van der Waals surface area contributed by atoms with Crippen molar-refractivity contribution < 1.29 is 14.7 Å². The van der Waals surface area contributed by atoms with Crippen LogP contribution in [0.25, 0.3) is 6.08 Å². The molecule has 0 bridgehead atoms. The highest BCUT2D eigenvalue weighted by Gasteiger charge is 2.31. The van der Waals surface area contributed by atoms with E-state index in [0.29, 0.717) is 27.3 Å². The molecule has 5 nitrogen and oxygen atoms in total. The number of aromatic nitrogens is 1. The normalized spacial score (nSPS) is 16.8. The second kappa shape index (κ2) is 7.02. The molecule has 0 saturated carbocycles. The molecule has 0 aromatic carbocycles. The van der Waals surface area contributed by atoms with E-state index in [4.69, 9.17) is 28.9 Å². The van der Waals surface area contributed by atoms with Gasteiger partial charge in [0.2, 0.25) is 0 Å². The van der Waals surface area contributed by atoms with E-state index in [1.165, 1.54) is 16.7 Å². The van der Waals surface area contributed by atoms with Crippen LogP contribution in [0.5, 0.6) is 0 Å². The summed E-state index contributed by atoms with van der Waals surface area (Å²) in [7, 11) is 0. The zero-order valence-corrected chi connectivity index (χ0v) is 13.2. The second-order valence-corrected chi connectivity index (χ2v) is 6.31. The van der Waals surface area contributed by atoms with Crippen molar-refractivity contribution in [3.05, 3.63) is 34.0 Å². The van der Waals surface area contributed by atoms with Crippen molar-refractivity contribution in [2.45, 2.75) is 12.8 Å². The summed E-state index contributed by atoms with van der Waals surface area (Å²) < 4.78 is 0.443. The van der Waals surface area contributed by atoms with Gasteiger partial charge in [0.1, 0.15) is 9.47 Å². The van der Waals surface area contributed by atoms with Crippen LogP contribution in [0.4, 0.5) is 0 Å². The molecule has 0 radical (unpaired) electrons. The number of carboxylic acid groups (broad SMARTS) is 1. The van der Waals surface area contributed by atoms with Gasteiger partial charge in [-0.25, -0.2) is 4.98 Å². The summed E-state index contributed by atoms with van der Waals surface area (Å²) in [4.78, 5) is 28.6. The molecule has 21 heavy (non-hydrogen) atoms. The number of pyridine rings is 1. The fraction of sp³-hybridized carbons (Fsp3) is 0.231. The number of carboxylic acids is 1. The number of rotatable bonds is 5. The SMILES string of the molecule is O=C(O)CCCN1C(=O)/C(=C/c2ccc(Cl)nc2)SC1=S. The van der Waals surface area contributed by atoms with Crippen molar-refractivity contribution in [2.24, 2.45) is 0 Å². The van der Waals surface area contributed by atoms with Crippen molar-refractivity contribution in [3.8, 4) is 0 Å². The van der Waals surface area contributed by atoms with Crippen LogP contribution in [-0.2, 0) is 9.59 Å². The van der Waals surface area contributed by atoms with E-state index in [9.17, 15) is 9.59 Å². The molecule has 1 aliphatic heterocycles. The van der Waals surface area contributed by atoms with Crippen LogP contribution in [0.1, 0.15) is 18.4 Å². The molecule has 1 saturated heterocycles. The minimum absolute atomic E-state index is 0.0111. The largest absolute Gasteiger partial charge is 0.481 e. The summed E-state index contributed by atoms with van der Waals surface area (Å²) in [6.07, 6.45) is 3.65. The Bertz CT molecular complexity index is 616. The highest BCUT2D eigenvalue weighted by atomic mass is 35.5. The maximum atomic E-state index is 12.2. The van der Waals surface area contributed by atoms with Gasteiger partial charge in [0, 0.05) is 19.2 Å². The topological polar surface area (TPSA) is 70.5 Å². The number of halogens is 1. The molecule has 0 unspecified atom stereocenters. The maximum Gasteiger partial charge on any atom is 0.303 e. The first-order valence-corrected chi connectivity index (χ1v) is 7.66. The molecule has 1 aliphatic rings. The average Bonchev–Trinajstić information content (AvgIpc) is 2.68. The third-order valence-corrected chi connectivity index (χ3v) is 4.30. The van der Waals surface area contributed by atoms with Crippen LogP contribution in [0.2, 0.25) is 5.15 Å². The third-order valence-electron chi connectivity index (χ3n) is 2.69. The van der Waals surface area contributed by atoms with E-state index < -0.39 is 5.97 Å². The second-order valence-electron chi connectivity index (χ2n) is 4.24. The molecular formula is C13H11ClN2O3S2. The fourth-order valence-corrected chi connectivity index (χ4v) is 3.13. The lowest BCUT2D eigenvalue weighted by Gasteiger charge is -2.13. The summed E-state index contributed by atoms with van der Waals surface area (Å²) in [5.41, 5.74) is 0.755. The van der Waals surface area contributed by atoms with Crippen molar-refractivity contribution in [2.75, 3.05) is 6.54 Å². The number of thiocarbonyl (C=S) groups is 1. The number of amides is 1. The predicted octanol–water partition coefficient (Wildman–Crippen LogP) is 2.80. The van der Waals surface area contributed by atoms with Gasteiger partial charge in [-0.15, -0.1) is 0 Å².